The average molecular weight is 231 g/mol. The molecular formula is C11H12F3NO. The Morgan fingerprint density at radius 1 is 0.812 bits per heavy atom. The van der Waals surface area contributed by atoms with Crippen LogP contribution in [0.25, 0.3) is 0 Å². The Balaban J connectivity index is 2.10. The van der Waals surface area contributed by atoms with Crippen LogP contribution < -0.4 is 0 Å². The number of rotatable bonds is 1. The molecule has 0 atom stereocenters. The molecule has 4 aliphatic carbocycles. The Morgan fingerprint density at radius 3 is 1.50 bits per heavy atom. The van der Waals surface area contributed by atoms with E-state index >= 15 is 0 Å². The summed E-state index contributed by atoms with van der Waals surface area (Å²) in [6, 6.07) is 0. The van der Waals surface area contributed by atoms with Crippen LogP contribution in [0.4, 0.5) is 13.2 Å². The van der Waals surface area contributed by atoms with Crippen LogP contribution >= 0.6 is 0 Å². The van der Waals surface area contributed by atoms with Gasteiger partial charge in [-0.3, -0.25) is 0 Å². The first-order valence-electron chi connectivity index (χ1n) is 5.46. The highest BCUT2D eigenvalue weighted by Crippen LogP contribution is 2.65. The summed E-state index contributed by atoms with van der Waals surface area (Å²) in [5.74, 6) is 0. The molecule has 4 rings (SSSR count). The zero-order valence-electron chi connectivity index (χ0n) is 8.73. The van der Waals surface area contributed by atoms with Crippen molar-refractivity contribution < 1.29 is 18.0 Å². The highest BCUT2D eigenvalue weighted by atomic mass is 19.2. The van der Waals surface area contributed by atoms with Gasteiger partial charge in [0.1, 0.15) is 17.0 Å². The molecule has 0 aromatic carbocycles. The van der Waals surface area contributed by atoms with E-state index in [4.69, 9.17) is 0 Å². The summed E-state index contributed by atoms with van der Waals surface area (Å²) >= 11 is 0. The molecular weight excluding hydrogens is 219 g/mol. The van der Waals surface area contributed by atoms with Gasteiger partial charge in [0.05, 0.1) is 5.54 Å². The molecule has 0 amide bonds. The lowest BCUT2D eigenvalue weighted by atomic mass is 9.49. The van der Waals surface area contributed by atoms with Gasteiger partial charge in [0.25, 0.3) is 0 Å². The smallest absolute Gasteiger partial charge is 0.235 e. The SMILES string of the molecule is O=C=NC12CC3(F)CC(F)(CC(F)(C3)C1)C2. The normalized spacial score (nSPS) is 58.4. The Morgan fingerprint density at radius 2 is 1.19 bits per heavy atom. The number of aliphatic imine (C=N–C) groups is 1. The number of halogens is 3. The highest BCUT2D eigenvalue weighted by Gasteiger charge is 2.70. The maximum atomic E-state index is 14.3. The average Bonchev–Trinajstić information content (AvgIpc) is 1.91. The van der Waals surface area contributed by atoms with Crippen molar-refractivity contribution in [3.63, 3.8) is 0 Å². The molecule has 4 fully saturated rings. The molecule has 2 nitrogen and oxygen atoms in total. The summed E-state index contributed by atoms with van der Waals surface area (Å²) in [6.07, 6.45) is 0.501. The number of hydrogen-bond acceptors (Lipinski definition) is 2. The molecule has 4 aliphatic rings. The van der Waals surface area contributed by atoms with Gasteiger partial charge in [-0.2, -0.15) is 4.99 Å². The zero-order valence-corrected chi connectivity index (χ0v) is 8.73. The summed E-state index contributed by atoms with van der Waals surface area (Å²) in [6.45, 7) is 0. The molecule has 0 unspecified atom stereocenters. The van der Waals surface area contributed by atoms with Crippen molar-refractivity contribution in [2.75, 3.05) is 0 Å². The summed E-state index contributed by atoms with van der Waals surface area (Å²) in [5.41, 5.74) is -6.69. The fraction of sp³-hybridized carbons (Fsp3) is 0.909. The summed E-state index contributed by atoms with van der Waals surface area (Å²) in [4.78, 5) is 13.9. The predicted molar refractivity (Wildman–Crippen MR) is 50.1 cm³/mol. The molecule has 0 N–H and O–H groups in total. The van der Waals surface area contributed by atoms with Crippen LogP contribution in [0.5, 0.6) is 0 Å². The second-order valence-electron chi connectivity index (χ2n) is 5.94. The molecule has 5 heteroatoms. The third kappa shape index (κ3) is 1.27. The monoisotopic (exact) mass is 231 g/mol. The van der Waals surface area contributed by atoms with Crippen LogP contribution in [0.1, 0.15) is 38.5 Å². The molecule has 0 aliphatic heterocycles. The van der Waals surface area contributed by atoms with E-state index in [1.807, 2.05) is 0 Å². The van der Waals surface area contributed by atoms with Gasteiger partial charge in [-0.1, -0.05) is 0 Å². The Bertz CT molecular complexity index is 350. The minimum atomic E-state index is -1.83. The molecule has 4 bridgehead atoms. The first-order valence-corrected chi connectivity index (χ1v) is 5.46. The molecule has 0 spiro atoms. The largest absolute Gasteiger partial charge is 0.244 e. The van der Waals surface area contributed by atoms with Crippen molar-refractivity contribution in [2.45, 2.75) is 61.1 Å². The molecule has 0 aromatic heterocycles. The van der Waals surface area contributed by atoms with Gasteiger partial charge < -0.3 is 0 Å². The van der Waals surface area contributed by atoms with Gasteiger partial charge in [0.15, 0.2) is 0 Å². The third-order valence-corrected chi connectivity index (χ3v) is 4.12. The molecule has 4 saturated carbocycles. The Hall–Kier alpha value is -0.830. The van der Waals surface area contributed by atoms with E-state index in [0.717, 1.165) is 0 Å². The van der Waals surface area contributed by atoms with Crippen molar-refractivity contribution in [2.24, 2.45) is 4.99 Å². The van der Waals surface area contributed by atoms with Gasteiger partial charge in [0.2, 0.25) is 6.08 Å². The topological polar surface area (TPSA) is 29.4 Å². The fourth-order valence-electron chi connectivity index (χ4n) is 4.44. The van der Waals surface area contributed by atoms with Crippen LogP contribution in [-0.2, 0) is 4.79 Å². The van der Waals surface area contributed by atoms with Gasteiger partial charge >= 0.3 is 0 Å². The first kappa shape index (κ1) is 10.3. The Kier molecular flexibility index (Phi) is 1.63. The van der Waals surface area contributed by atoms with Gasteiger partial charge in [-0.15, -0.1) is 0 Å². The summed E-state index contributed by atoms with van der Waals surface area (Å²) in [5, 5.41) is 0. The van der Waals surface area contributed by atoms with Crippen molar-refractivity contribution in [3.8, 4) is 0 Å². The molecule has 0 saturated heterocycles. The highest BCUT2D eigenvalue weighted by molar-refractivity contribution is 5.37. The number of carbonyl (C=O) groups excluding carboxylic acids is 1. The van der Waals surface area contributed by atoms with Crippen molar-refractivity contribution in [3.05, 3.63) is 0 Å². The number of alkyl halides is 3. The first-order chi connectivity index (χ1) is 7.30. The van der Waals surface area contributed by atoms with Crippen LogP contribution in [0.3, 0.4) is 0 Å². The van der Waals surface area contributed by atoms with Crippen LogP contribution in [-0.4, -0.2) is 28.6 Å². The summed E-state index contributed by atoms with van der Waals surface area (Å²) in [7, 11) is 0. The van der Waals surface area contributed by atoms with Crippen LogP contribution in [0.15, 0.2) is 4.99 Å². The Labute approximate surface area is 90.9 Å². The molecule has 16 heavy (non-hydrogen) atoms. The quantitative estimate of drug-likeness (QED) is 0.503. The number of nitrogens with zero attached hydrogens (tertiary/aromatic N) is 1. The van der Waals surface area contributed by atoms with Crippen LogP contribution in [0, 0.1) is 0 Å². The van der Waals surface area contributed by atoms with Gasteiger partial charge in [-0.25, -0.2) is 18.0 Å². The fourth-order valence-corrected chi connectivity index (χ4v) is 4.44. The minimum Gasteiger partial charge on any atom is -0.244 e. The number of isocyanates is 1. The van der Waals surface area contributed by atoms with Gasteiger partial charge in [-0.05, 0) is 0 Å². The lowest BCUT2D eigenvalue weighted by Gasteiger charge is -2.61. The van der Waals surface area contributed by atoms with Gasteiger partial charge in [0, 0.05) is 38.5 Å². The second-order valence-corrected chi connectivity index (χ2v) is 5.94. The third-order valence-electron chi connectivity index (χ3n) is 4.12. The standard InChI is InChI=1S/C11H12F3NO/c12-8-1-9(13)3-10(14,2-8)6-11(4-8,5-9)15-7-16/h1-6H2. The minimum absolute atomic E-state index is 0.0351. The van der Waals surface area contributed by atoms with E-state index in [9.17, 15) is 18.0 Å². The maximum Gasteiger partial charge on any atom is 0.235 e. The predicted octanol–water partition coefficient (Wildman–Crippen LogP) is 2.57. The van der Waals surface area contributed by atoms with E-state index in [1.54, 1.807) is 0 Å². The van der Waals surface area contributed by atoms with E-state index in [-0.39, 0.29) is 38.5 Å². The van der Waals surface area contributed by atoms with E-state index in [2.05, 4.69) is 4.99 Å². The molecule has 0 radical (unpaired) electrons. The second kappa shape index (κ2) is 2.53. The van der Waals surface area contributed by atoms with E-state index < -0.39 is 22.5 Å². The van der Waals surface area contributed by atoms with E-state index in [0.29, 0.717) is 0 Å². The van der Waals surface area contributed by atoms with Crippen molar-refractivity contribution >= 4 is 6.08 Å². The number of hydrogen-bond donors (Lipinski definition) is 0. The van der Waals surface area contributed by atoms with Crippen molar-refractivity contribution in [1.29, 1.82) is 0 Å². The van der Waals surface area contributed by atoms with Crippen molar-refractivity contribution in [1.82, 2.24) is 0 Å². The maximum absolute atomic E-state index is 14.3. The van der Waals surface area contributed by atoms with Crippen LogP contribution in [0.2, 0.25) is 0 Å². The molecule has 88 valence electrons. The lowest BCUT2D eigenvalue weighted by Crippen LogP contribution is -2.67. The molecule has 0 aromatic rings. The lowest BCUT2D eigenvalue weighted by molar-refractivity contribution is -0.187. The van der Waals surface area contributed by atoms with E-state index in [1.165, 1.54) is 6.08 Å². The summed E-state index contributed by atoms with van der Waals surface area (Å²) < 4.78 is 42.8. The zero-order chi connectivity index (χ0) is 11.7. The molecule has 0 heterocycles.